The lowest BCUT2D eigenvalue weighted by molar-refractivity contribution is 0.101. The van der Waals surface area contributed by atoms with Gasteiger partial charge >= 0.3 is 0 Å². The van der Waals surface area contributed by atoms with Crippen LogP contribution in [0.3, 0.4) is 0 Å². The van der Waals surface area contributed by atoms with Crippen LogP contribution in [0.15, 0.2) is 53.1 Å². The average molecular weight is 252 g/mol. The highest BCUT2D eigenvalue weighted by Gasteiger charge is 2.14. The van der Waals surface area contributed by atoms with Gasteiger partial charge in [0.05, 0.1) is 11.8 Å². The highest BCUT2D eigenvalue weighted by Crippen LogP contribution is 2.34. The number of ketones is 1. The minimum Gasteiger partial charge on any atom is -0.507 e. The number of aromatic hydroxyl groups is 1. The highest BCUT2D eigenvalue weighted by molar-refractivity contribution is 6.04. The molecule has 0 spiro atoms. The van der Waals surface area contributed by atoms with Gasteiger partial charge in [-0.3, -0.25) is 4.79 Å². The van der Waals surface area contributed by atoms with E-state index >= 15 is 0 Å². The number of furan rings is 1. The van der Waals surface area contributed by atoms with E-state index in [1.165, 1.54) is 13.0 Å². The molecule has 1 aromatic heterocycles. The number of phenols is 1. The number of carbonyl (C=O) groups excluding carboxylic acids is 1. The van der Waals surface area contributed by atoms with Gasteiger partial charge in [0.25, 0.3) is 0 Å². The number of benzene rings is 2. The summed E-state index contributed by atoms with van der Waals surface area (Å²) < 4.78 is 5.45. The Hall–Kier alpha value is -2.55. The zero-order valence-electron chi connectivity index (χ0n) is 10.4. The van der Waals surface area contributed by atoms with Crippen molar-refractivity contribution in [1.82, 2.24) is 0 Å². The third kappa shape index (κ3) is 1.89. The van der Waals surface area contributed by atoms with Crippen LogP contribution in [0.5, 0.6) is 5.75 Å². The van der Waals surface area contributed by atoms with E-state index in [0.29, 0.717) is 11.1 Å². The molecule has 0 bridgehead atoms. The van der Waals surface area contributed by atoms with Crippen LogP contribution in [0.4, 0.5) is 0 Å². The van der Waals surface area contributed by atoms with E-state index in [0.717, 1.165) is 16.5 Å². The predicted molar refractivity (Wildman–Crippen MR) is 73.3 cm³/mol. The minimum absolute atomic E-state index is 0.0473. The Morgan fingerprint density at radius 1 is 1.16 bits per heavy atom. The van der Waals surface area contributed by atoms with Gasteiger partial charge in [0.2, 0.25) is 0 Å². The minimum atomic E-state index is -0.167. The molecule has 0 aliphatic carbocycles. The van der Waals surface area contributed by atoms with Crippen LogP contribution in [0.25, 0.3) is 22.1 Å². The predicted octanol–water partition coefficient (Wildman–Crippen LogP) is 4.01. The van der Waals surface area contributed by atoms with E-state index in [1.807, 2.05) is 30.3 Å². The molecule has 19 heavy (non-hydrogen) atoms. The Morgan fingerprint density at radius 3 is 2.58 bits per heavy atom. The molecule has 3 aromatic rings. The quantitative estimate of drug-likeness (QED) is 0.701. The second-order valence-corrected chi connectivity index (χ2v) is 4.44. The van der Waals surface area contributed by atoms with Crippen molar-refractivity contribution in [2.24, 2.45) is 0 Å². The second kappa shape index (κ2) is 4.28. The molecule has 0 saturated carbocycles. The normalized spacial score (nSPS) is 10.8. The Bertz CT molecular complexity index is 754. The zero-order chi connectivity index (χ0) is 13.4. The summed E-state index contributed by atoms with van der Waals surface area (Å²) in [4.78, 5) is 11.5. The third-order valence-electron chi connectivity index (χ3n) is 3.16. The van der Waals surface area contributed by atoms with Gasteiger partial charge < -0.3 is 9.52 Å². The molecule has 3 heteroatoms. The largest absolute Gasteiger partial charge is 0.507 e. The Labute approximate surface area is 110 Å². The van der Waals surface area contributed by atoms with Crippen LogP contribution in [0.2, 0.25) is 0 Å². The van der Waals surface area contributed by atoms with Crippen LogP contribution in [0, 0.1) is 0 Å². The molecule has 1 N–H and O–H groups in total. The first-order valence-electron chi connectivity index (χ1n) is 5.97. The molecule has 0 aliphatic rings. The fraction of sp³-hybridized carbons (Fsp3) is 0.0625. The standard InChI is InChI=1S/C16H12O3/c1-10(17)12-7-13-14(11-5-3-2-4-6-11)9-19-16(13)8-15(12)18/h2-9,18H,1H3. The van der Waals surface area contributed by atoms with Gasteiger partial charge in [0.1, 0.15) is 11.3 Å². The van der Waals surface area contributed by atoms with Crippen molar-refractivity contribution in [3.05, 3.63) is 54.3 Å². The number of fused-ring (bicyclic) bond motifs is 1. The van der Waals surface area contributed by atoms with Gasteiger partial charge in [-0.05, 0) is 18.6 Å². The molecule has 3 rings (SSSR count). The van der Waals surface area contributed by atoms with E-state index in [1.54, 1.807) is 12.3 Å². The maximum absolute atomic E-state index is 11.5. The van der Waals surface area contributed by atoms with Gasteiger partial charge in [0, 0.05) is 17.0 Å². The van der Waals surface area contributed by atoms with Crippen molar-refractivity contribution in [3.8, 4) is 16.9 Å². The zero-order valence-corrected chi connectivity index (χ0v) is 10.4. The maximum Gasteiger partial charge on any atom is 0.163 e. The Kier molecular flexibility index (Phi) is 2.60. The summed E-state index contributed by atoms with van der Waals surface area (Å²) >= 11 is 0. The summed E-state index contributed by atoms with van der Waals surface area (Å²) in [6.07, 6.45) is 1.64. The van der Waals surface area contributed by atoms with Gasteiger partial charge in [-0.2, -0.15) is 0 Å². The van der Waals surface area contributed by atoms with Crippen molar-refractivity contribution in [1.29, 1.82) is 0 Å². The lowest BCUT2D eigenvalue weighted by Gasteiger charge is -2.02. The number of rotatable bonds is 2. The van der Waals surface area contributed by atoms with Gasteiger partial charge in [-0.25, -0.2) is 0 Å². The van der Waals surface area contributed by atoms with Crippen LogP contribution in [0.1, 0.15) is 17.3 Å². The maximum atomic E-state index is 11.5. The number of phenolic OH excluding ortho intramolecular Hbond substituents is 1. The molecular formula is C16H12O3. The fourth-order valence-corrected chi connectivity index (χ4v) is 2.19. The second-order valence-electron chi connectivity index (χ2n) is 4.44. The van der Waals surface area contributed by atoms with E-state index in [2.05, 4.69) is 0 Å². The van der Waals surface area contributed by atoms with Crippen molar-refractivity contribution in [2.45, 2.75) is 6.92 Å². The van der Waals surface area contributed by atoms with Crippen molar-refractivity contribution in [3.63, 3.8) is 0 Å². The van der Waals surface area contributed by atoms with Crippen LogP contribution in [-0.2, 0) is 0 Å². The molecule has 0 radical (unpaired) electrons. The van der Waals surface area contributed by atoms with Crippen LogP contribution in [-0.4, -0.2) is 10.9 Å². The summed E-state index contributed by atoms with van der Waals surface area (Å²) in [5, 5.41) is 10.6. The van der Waals surface area contributed by atoms with Crippen LogP contribution >= 0.6 is 0 Å². The first kappa shape index (κ1) is 11.5. The smallest absolute Gasteiger partial charge is 0.163 e. The Morgan fingerprint density at radius 2 is 1.89 bits per heavy atom. The van der Waals surface area contributed by atoms with Gasteiger partial charge in [-0.15, -0.1) is 0 Å². The summed E-state index contributed by atoms with van der Waals surface area (Å²) in [5.74, 6) is -0.214. The molecule has 0 fully saturated rings. The molecule has 2 aromatic carbocycles. The monoisotopic (exact) mass is 252 g/mol. The SMILES string of the molecule is CC(=O)c1cc2c(-c3ccccc3)coc2cc1O. The fourth-order valence-electron chi connectivity index (χ4n) is 2.19. The van der Waals surface area contributed by atoms with Crippen molar-refractivity contribution < 1.29 is 14.3 Å². The van der Waals surface area contributed by atoms with E-state index in [4.69, 9.17) is 4.42 Å². The summed E-state index contributed by atoms with van der Waals surface area (Å²) in [7, 11) is 0. The van der Waals surface area contributed by atoms with E-state index in [-0.39, 0.29) is 11.5 Å². The molecule has 0 aliphatic heterocycles. The topological polar surface area (TPSA) is 50.4 Å². The molecular weight excluding hydrogens is 240 g/mol. The van der Waals surface area contributed by atoms with E-state index in [9.17, 15) is 9.90 Å². The number of hydrogen-bond donors (Lipinski definition) is 1. The first-order chi connectivity index (χ1) is 9.16. The molecule has 0 amide bonds. The molecule has 0 atom stereocenters. The number of hydrogen-bond acceptors (Lipinski definition) is 3. The summed E-state index contributed by atoms with van der Waals surface area (Å²) in [6.45, 7) is 1.43. The van der Waals surface area contributed by atoms with Crippen LogP contribution < -0.4 is 0 Å². The number of carbonyl (C=O) groups is 1. The third-order valence-corrected chi connectivity index (χ3v) is 3.16. The van der Waals surface area contributed by atoms with E-state index < -0.39 is 0 Å². The summed E-state index contributed by atoms with van der Waals surface area (Å²) in [6, 6.07) is 13.0. The molecule has 1 heterocycles. The van der Waals surface area contributed by atoms with Gasteiger partial charge in [0.15, 0.2) is 5.78 Å². The van der Waals surface area contributed by atoms with Crippen molar-refractivity contribution in [2.75, 3.05) is 0 Å². The molecule has 3 nitrogen and oxygen atoms in total. The first-order valence-corrected chi connectivity index (χ1v) is 5.97. The number of Topliss-reactive ketones (excluding diaryl/α,β-unsaturated/α-hetero) is 1. The average Bonchev–Trinajstić information content (AvgIpc) is 2.81. The van der Waals surface area contributed by atoms with Gasteiger partial charge in [-0.1, -0.05) is 30.3 Å². The lowest BCUT2D eigenvalue weighted by Crippen LogP contribution is -1.92. The molecule has 94 valence electrons. The lowest BCUT2D eigenvalue weighted by atomic mass is 10.0. The molecule has 0 unspecified atom stereocenters. The highest BCUT2D eigenvalue weighted by atomic mass is 16.3. The Balaban J connectivity index is 2.28. The molecule has 0 saturated heterocycles. The summed E-state index contributed by atoms with van der Waals surface area (Å²) in [5.41, 5.74) is 2.81. The van der Waals surface area contributed by atoms with Crippen molar-refractivity contribution >= 4 is 16.8 Å².